The van der Waals surface area contributed by atoms with E-state index < -0.39 is 0 Å². The first kappa shape index (κ1) is 15.8. The summed E-state index contributed by atoms with van der Waals surface area (Å²) in [6.07, 6.45) is 2.17. The second-order valence-corrected chi connectivity index (χ2v) is 6.05. The zero-order chi connectivity index (χ0) is 13.4. The molecule has 1 rings (SSSR count). The third-order valence-electron chi connectivity index (χ3n) is 2.45. The molecule has 0 spiro atoms. The Morgan fingerprint density at radius 3 is 2.78 bits per heavy atom. The summed E-state index contributed by atoms with van der Waals surface area (Å²) in [4.78, 5) is 0. The molecule has 102 valence electrons. The summed E-state index contributed by atoms with van der Waals surface area (Å²) in [6, 6.07) is 5.68. The monoisotopic (exact) mass is 333 g/mol. The Morgan fingerprint density at radius 1 is 1.33 bits per heavy atom. The highest BCUT2D eigenvalue weighted by molar-refractivity contribution is 9.10. The van der Waals surface area contributed by atoms with Crippen LogP contribution in [0.2, 0.25) is 5.02 Å². The number of nitrogens with one attached hydrogen (secondary N) is 1. The fraction of sp³-hybridized carbons (Fsp3) is 0.571. The standard InChI is InChI=1S/C14H21BrClNO/c1-11(2)10-17-7-3-4-8-18-14-6-5-12(15)9-13(14)16/h5-6,9,11,17H,3-4,7-8,10H2,1-2H3. The van der Waals surface area contributed by atoms with Crippen LogP contribution in [-0.2, 0) is 0 Å². The molecule has 0 atom stereocenters. The molecule has 2 nitrogen and oxygen atoms in total. The Bertz CT molecular complexity index is 358. The molecule has 0 aliphatic rings. The maximum absolute atomic E-state index is 6.06. The van der Waals surface area contributed by atoms with E-state index in [-0.39, 0.29) is 0 Å². The summed E-state index contributed by atoms with van der Waals surface area (Å²) in [5, 5.41) is 4.07. The van der Waals surface area contributed by atoms with Crippen molar-refractivity contribution in [2.75, 3.05) is 19.7 Å². The average molecular weight is 335 g/mol. The minimum absolute atomic E-state index is 0.655. The predicted molar refractivity (Wildman–Crippen MR) is 81.6 cm³/mol. The number of rotatable bonds is 8. The van der Waals surface area contributed by atoms with Gasteiger partial charge in [0.1, 0.15) is 5.75 Å². The summed E-state index contributed by atoms with van der Waals surface area (Å²) >= 11 is 9.43. The maximum atomic E-state index is 6.06. The van der Waals surface area contributed by atoms with Crippen molar-refractivity contribution in [2.24, 2.45) is 5.92 Å². The van der Waals surface area contributed by atoms with Gasteiger partial charge in [-0.1, -0.05) is 41.4 Å². The summed E-state index contributed by atoms with van der Waals surface area (Å²) in [5.74, 6) is 1.47. The summed E-state index contributed by atoms with van der Waals surface area (Å²) < 4.78 is 6.61. The smallest absolute Gasteiger partial charge is 0.137 e. The molecule has 0 fully saturated rings. The molecule has 0 amide bonds. The van der Waals surface area contributed by atoms with Crippen molar-refractivity contribution in [3.8, 4) is 5.75 Å². The molecule has 0 aliphatic carbocycles. The number of unbranched alkanes of at least 4 members (excludes halogenated alkanes) is 1. The van der Waals surface area contributed by atoms with Crippen LogP contribution in [0, 0.1) is 5.92 Å². The second-order valence-electron chi connectivity index (χ2n) is 4.73. The molecule has 1 aromatic rings. The molecule has 0 heterocycles. The lowest BCUT2D eigenvalue weighted by atomic mass is 10.2. The first-order chi connectivity index (χ1) is 8.59. The molecule has 0 saturated heterocycles. The second kappa shape index (κ2) is 8.78. The molecule has 0 aromatic heterocycles. The predicted octanol–water partition coefficient (Wildman–Crippen LogP) is 4.51. The summed E-state index contributed by atoms with van der Waals surface area (Å²) in [6.45, 7) is 7.27. The van der Waals surface area contributed by atoms with E-state index in [0.29, 0.717) is 17.5 Å². The van der Waals surface area contributed by atoms with Gasteiger partial charge in [0.05, 0.1) is 11.6 Å². The molecular weight excluding hydrogens is 314 g/mol. The Kier molecular flexibility index (Phi) is 7.71. The lowest BCUT2D eigenvalue weighted by Crippen LogP contribution is -2.21. The van der Waals surface area contributed by atoms with Gasteiger partial charge in [0, 0.05) is 4.47 Å². The van der Waals surface area contributed by atoms with Crippen molar-refractivity contribution in [1.29, 1.82) is 0 Å². The fourth-order valence-corrected chi connectivity index (χ4v) is 2.25. The lowest BCUT2D eigenvalue weighted by Gasteiger charge is -2.09. The molecule has 4 heteroatoms. The molecular formula is C14H21BrClNO. The molecule has 1 N–H and O–H groups in total. The maximum Gasteiger partial charge on any atom is 0.137 e. The number of hydrogen-bond donors (Lipinski definition) is 1. The first-order valence-electron chi connectivity index (χ1n) is 6.38. The highest BCUT2D eigenvalue weighted by Crippen LogP contribution is 2.27. The fourth-order valence-electron chi connectivity index (χ4n) is 1.52. The average Bonchev–Trinajstić information content (AvgIpc) is 2.30. The van der Waals surface area contributed by atoms with Crippen LogP contribution in [0.25, 0.3) is 0 Å². The van der Waals surface area contributed by atoms with Gasteiger partial charge in [-0.3, -0.25) is 0 Å². The van der Waals surface area contributed by atoms with E-state index >= 15 is 0 Å². The van der Waals surface area contributed by atoms with Gasteiger partial charge >= 0.3 is 0 Å². The highest BCUT2D eigenvalue weighted by atomic mass is 79.9. The van der Waals surface area contributed by atoms with Crippen LogP contribution in [-0.4, -0.2) is 19.7 Å². The lowest BCUT2D eigenvalue weighted by molar-refractivity contribution is 0.305. The van der Waals surface area contributed by atoms with Gasteiger partial charge < -0.3 is 10.1 Å². The van der Waals surface area contributed by atoms with Gasteiger partial charge in [0.15, 0.2) is 0 Å². The molecule has 0 unspecified atom stereocenters. The zero-order valence-electron chi connectivity index (χ0n) is 11.0. The van der Waals surface area contributed by atoms with Crippen molar-refractivity contribution < 1.29 is 4.74 Å². The largest absolute Gasteiger partial charge is 0.492 e. The van der Waals surface area contributed by atoms with Crippen LogP contribution in [0.15, 0.2) is 22.7 Å². The Labute approximate surface area is 123 Å². The molecule has 18 heavy (non-hydrogen) atoms. The van der Waals surface area contributed by atoms with E-state index in [0.717, 1.165) is 36.2 Å². The van der Waals surface area contributed by atoms with E-state index in [9.17, 15) is 0 Å². The molecule has 0 radical (unpaired) electrons. The number of hydrogen-bond acceptors (Lipinski definition) is 2. The van der Waals surface area contributed by atoms with Gasteiger partial charge in [0.2, 0.25) is 0 Å². The van der Waals surface area contributed by atoms with Gasteiger partial charge in [-0.05, 0) is 50.0 Å². The van der Waals surface area contributed by atoms with Crippen LogP contribution in [0.3, 0.4) is 0 Å². The van der Waals surface area contributed by atoms with Crippen molar-refractivity contribution in [2.45, 2.75) is 26.7 Å². The van der Waals surface area contributed by atoms with Crippen molar-refractivity contribution >= 4 is 27.5 Å². The van der Waals surface area contributed by atoms with Crippen molar-refractivity contribution in [3.63, 3.8) is 0 Å². The van der Waals surface area contributed by atoms with E-state index in [1.807, 2.05) is 18.2 Å². The van der Waals surface area contributed by atoms with Gasteiger partial charge in [-0.25, -0.2) is 0 Å². The minimum Gasteiger partial charge on any atom is -0.492 e. The SMILES string of the molecule is CC(C)CNCCCCOc1ccc(Br)cc1Cl. The van der Waals surface area contributed by atoms with E-state index in [2.05, 4.69) is 35.1 Å². The minimum atomic E-state index is 0.655. The molecule has 0 bridgehead atoms. The molecule has 1 aromatic carbocycles. The normalized spacial score (nSPS) is 10.9. The van der Waals surface area contributed by atoms with E-state index in [1.165, 1.54) is 0 Å². The van der Waals surface area contributed by atoms with Crippen LogP contribution in [0.5, 0.6) is 5.75 Å². The Balaban J connectivity index is 2.11. The van der Waals surface area contributed by atoms with Crippen LogP contribution >= 0.6 is 27.5 Å². The summed E-state index contributed by atoms with van der Waals surface area (Å²) in [5.41, 5.74) is 0. The van der Waals surface area contributed by atoms with Crippen LogP contribution in [0.4, 0.5) is 0 Å². The Morgan fingerprint density at radius 2 is 2.11 bits per heavy atom. The first-order valence-corrected chi connectivity index (χ1v) is 7.55. The Hall–Kier alpha value is -0.250. The number of ether oxygens (including phenoxy) is 1. The van der Waals surface area contributed by atoms with Gasteiger partial charge in [0.25, 0.3) is 0 Å². The third kappa shape index (κ3) is 6.62. The highest BCUT2D eigenvalue weighted by Gasteiger charge is 2.01. The zero-order valence-corrected chi connectivity index (χ0v) is 13.4. The topological polar surface area (TPSA) is 21.3 Å². The van der Waals surface area contributed by atoms with Gasteiger partial charge in [-0.2, -0.15) is 0 Å². The number of benzene rings is 1. The third-order valence-corrected chi connectivity index (χ3v) is 3.24. The van der Waals surface area contributed by atoms with Crippen molar-refractivity contribution in [3.05, 3.63) is 27.7 Å². The van der Waals surface area contributed by atoms with E-state index in [1.54, 1.807) is 0 Å². The number of halogens is 2. The van der Waals surface area contributed by atoms with Crippen LogP contribution < -0.4 is 10.1 Å². The van der Waals surface area contributed by atoms with Crippen molar-refractivity contribution in [1.82, 2.24) is 5.32 Å². The van der Waals surface area contributed by atoms with Gasteiger partial charge in [-0.15, -0.1) is 0 Å². The van der Waals surface area contributed by atoms with Crippen LogP contribution in [0.1, 0.15) is 26.7 Å². The van der Waals surface area contributed by atoms with E-state index in [4.69, 9.17) is 16.3 Å². The molecule has 0 saturated carbocycles. The summed E-state index contributed by atoms with van der Waals surface area (Å²) in [7, 11) is 0. The quantitative estimate of drug-likeness (QED) is 0.706. The molecule has 0 aliphatic heterocycles.